The molecule has 4 rings (SSSR count). The third-order valence-corrected chi connectivity index (χ3v) is 7.30. The summed E-state index contributed by atoms with van der Waals surface area (Å²) in [4.78, 5) is 40.1. The van der Waals surface area contributed by atoms with Gasteiger partial charge in [-0.25, -0.2) is 0 Å². The van der Waals surface area contributed by atoms with Crippen LogP contribution in [0.3, 0.4) is 0 Å². The van der Waals surface area contributed by atoms with Gasteiger partial charge >= 0.3 is 11.9 Å². The van der Waals surface area contributed by atoms with E-state index in [2.05, 4.69) is 19.9 Å². The molecular formula is C27H28O5. The summed E-state index contributed by atoms with van der Waals surface area (Å²) in [5.74, 6) is -1.70. The van der Waals surface area contributed by atoms with Crippen molar-refractivity contribution < 1.29 is 23.9 Å². The van der Waals surface area contributed by atoms with Crippen molar-refractivity contribution in [1.29, 1.82) is 0 Å². The highest BCUT2D eigenvalue weighted by atomic mass is 16.5. The first kappa shape index (κ1) is 22.0. The average Bonchev–Trinajstić information content (AvgIpc) is 3.04. The van der Waals surface area contributed by atoms with Crippen LogP contribution in [0.5, 0.6) is 0 Å². The van der Waals surface area contributed by atoms with Crippen LogP contribution in [-0.4, -0.2) is 31.9 Å². The van der Waals surface area contributed by atoms with Crippen LogP contribution < -0.4 is 0 Å². The number of methoxy groups -OCH3 is 2. The Morgan fingerprint density at radius 3 is 2.12 bits per heavy atom. The van der Waals surface area contributed by atoms with Gasteiger partial charge in [0.15, 0.2) is 11.2 Å². The molecule has 0 amide bonds. The van der Waals surface area contributed by atoms with Crippen LogP contribution in [0.25, 0.3) is 5.57 Å². The third-order valence-electron chi connectivity index (χ3n) is 7.30. The van der Waals surface area contributed by atoms with Crippen LogP contribution in [0.15, 0.2) is 54.1 Å². The maximum atomic E-state index is 13.9. The molecule has 0 saturated carbocycles. The number of benzene rings is 2. The lowest BCUT2D eigenvalue weighted by atomic mass is 9.61. The van der Waals surface area contributed by atoms with Gasteiger partial charge in [0.25, 0.3) is 0 Å². The Morgan fingerprint density at radius 1 is 0.906 bits per heavy atom. The fraction of sp³-hybridized carbons (Fsp3) is 0.370. The highest BCUT2D eigenvalue weighted by Crippen LogP contribution is 2.60. The number of aryl methyl sites for hydroxylation is 1. The number of ether oxygens (including phenoxy) is 2. The highest BCUT2D eigenvalue weighted by Gasteiger charge is 2.59. The van der Waals surface area contributed by atoms with Gasteiger partial charge in [-0.05, 0) is 46.9 Å². The molecule has 5 heteroatoms. The minimum Gasteiger partial charge on any atom is -0.468 e. The summed E-state index contributed by atoms with van der Waals surface area (Å²) in [6.45, 7) is 6.09. The lowest BCUT2D eigenvalue weighted by molar-refractivity contribution is -0.170. The number of ketones is 1. The Morgan fingerprint density at radius 2 is 1.50 bits per heavy atom. The van der Waals surface area contributed by atoms with Crippen molar-refractivity contribution in [2.24, 2.45) is 11.3 Å². The molecule has 0 N–H and O–H groups in total. The van der Waals surface area contributed by atoms with E-state index in [0.29, 0.717) is 11.1 Å². The van der Waals surface area contributed by atoms with Crippen LogP contribution >= 0.6 is 0 Å². The second-order valence-electron chi connectivity index (χ2n) is 9.30. The molecule has 2 aliphatic carbocycles. The summed E-state index contributed by atoms with van der Waals surface area (Å²) in [5.41, 5.74) is 3.03. The summed E-state index contributed by atoms with van der Waals surface area (Å²) in [6.07, 6.45) is 0.184. The Hall–Kier alpha value is -3.21. The Labute approximate surface area is 188 Å². The summed E-state index contributed by atoms with van der Waals surface area (Å²) in [6, 6.07) is 15.4. The van der Waals surface area contributed by atoms with E-state index in [1.54, 1.807) is 6.07 Å². The number of hydrogen-bond donors (Lipinski definition) is 0. The van der Waals surface area contributed by atoms with Crippen LogP contribution in [0.2, 0.25) is 0 Å². The smallest absolute Gasteiger partial charge is 0.323 e. The van der Waals surface area contributed by atoms with E-state index < -0.39 is 17.4 Å². The molecule has 1 unspecified atom stereocenters. The van der Waals surface area contributed by atoms with Gasteiger partial charge < -0.3 is 9.47 Å². The molecule has 0 saturated heterocycles. The largest absolute Gasteiger partial charge is 0.468 e. The van der Waals surface area contributed by atoms with Gasteiger partial charge in [-0.1, -0.05) is 62.4 Å². The van der Waals surface area contributed by atoms with Crippen molar-refractivity contribution >= 4 is 23.3 Å². The molecule has 166 valence electrons. The van der Waals surface area contributed by atoms with Crippen LogP contribution in [-0.2, 0) is 24.5 Å². The van der Waals surface area contributed by atoms with E-state index in [9.17, 15) is 14.4 Å². The minimum absolute atomic E-state index is 0.0459. The molecule has 0 bridgehead atoms. The molecule has 0 radical (unpaired) electrons. The molecular weight excluding hydrogens is 404 g/mol. The zero-order valence-electron chi connectivity index (χ0n) is 19.2. The van der Waals surface area contributed by atoms with Gasteiger partial charge in [0.05, 0.1) is 14.2 Å². The highest BCUT2D eigenvalue weighted by molar-refractivity contribution is 6.17. The van der Waals surface area contributed by atoms with Gasteiger partial charge in [-0.2, -0.15) is 0 Å². The van der Waals surface area contributed by atoms with Gasteiger partial charge in [0, 0.05) is 17.6 Å². The van der Waals surface area contributed by atoms with E-state index in [-0.39, 0.29) is 30.0 Å². The molecule has 0 heterocycles. The fourth-order valence-electron chi connectivity index (χ4n) is 5.54. The monoisotopic (exact) mass is 432 g/mol. The first-order chi connectivity index (χ1) is 15.2. The predicted octanol–water partition coefficient (Wildman–Crippen LogP) is 4.67. The first-order valence-electron chi connectivity index (χ1n) is 10.8. The normalized spacial score (nSPS) is 20.2. The van der Waals surface area contributed by atoms with E-state index in [1.165, 1.54) is 14.2 Å². The number of carbonyl (C=O) groups is 3. The SMILES string of the molecule is COC(=O)C1(C(=O)OC)CC(C(=O)c2ccccc2C)=C2c3ccccc3C(C)(C)C2C1. The number of hydrogen-bond acceptors (Lipinski definition) is 5. The predicted molar refractivity (Wildman–Crippen MR) is 121 cm³/mol. The van der Waals surface area contributed by atoms with E-state index >= 15 is 0 Å². The fourth-order valence-corrected chi connectivity index (χ4v) is 5.54. The summed E-state index contributed by atoms with van der Waals surface area (Å²) in [7, 11) is 2.53. The number of esters is 2. The van der Waals surface area contributed by atoms with Gasteiger partial charge in [0.1, 0.15) is 0 Å². The van der Waals surface area contributed by atoms with Crippen LogP contribution in [0, 0.1) is 18.3 Å². The molecule has 2 aromatic rings. The molecule has 5 nitrogen and oxygen atoms in total. The maximum Gasteiger partial charge on any atom is 0.323 e. The average molecular weight is 433 g/mol. The van der Waals surface area contributed by atoms with E-state index in [4.69, 9.17) is 9.47 Å². The molecule has 0 aromatic heterocycles. The Balaban J connectivity index is 2.02. The molecule has 0 fully saturated rings. The Kier molecular flexibility index (Phi) is 5.32. The minimum atomic E-state index is -1.56. The first-order valence-corrected chi connectivity index (χ1v) is 10.8. The number of fused-ring (bicyclic) bond motifs is 3. The molecule has 2 aliphatic rings. The number of allylic oxidation sites excluding steroid dienone is 2. The number of rotatable bonds is 4. The lowest BCUT2D eigenvalue weighted by Gasteiger charge is -2.41. The van der Waals surface area contributed by atoms with Gasteiger partial charge in [-0.15, -0.1) is 0 Å². The Bertz CT molecular complexity index is 1140. The lowest BCUT2D eigenvalue weighted by Crippen LogP contribution is -2.48. The number of Topliss-reactive ketones (excluding diaryl/α,β-unsaturated/α-hetero) is 1. The molecule has 0 spiro atoms. The van der Waals surface area contributed by atoms with Crippen molar-refractivity contribution in [2.45, 2.75) is 39.0 Å². The summed E-state index contributed by atoms with van der Waals surface area (Å²) >= 11 is 0. The molecule has 1 atom stereocenters. The standard InChI is InChI=1S/C27H28O5/c1-16-10-6-7-11-17(16)23(28)19-14-27(24(29)31-4,25(30)32-5)15-21-22(19)18-12-8-9-13-20(18)26(21,2)3/h6-13,21H,14-15H2,1-5H3. The third kappa shape index (κ3) is 3.02. The van der Waals surface area contributed by atoms with Crippen molar-refractivity contribution in [3.05, 3.63) is 76.4 Å². The zero-order valence-corrected chi connectivity index (χ0v) is 19.2. The van der Waals surface area contributed by atoms with Crippen molar-refractivity contribution in [3.8, 4) is 0 Å². The zero-order chi connectivity index (χ0) is 23.3. The quantitative estimate of drug-likeness (QED) is 0.399. The molecule has 32 heavy (non-hydrogen) atoms. The van der Waals surface area contributed by atoms with Crippen molar-refractivity contribution in [3.63, 3.8) is 0 Å². The number of carbonyl (C=O) groups excluding carboxylic acids is 3. The van der Waals surface area contributed by atoms with Crippen LogP contribution in [0.4, 0.5) is 0 Å². The van der Waals surface area contributed by atoms with Crippen LogP contribution in [0.1, 0.15) is 53.7 Å². The van der Waals surface area contributed by atoms with E-state index in [1.807, 2.05) is 43.3 Å². The summed E-state index contributed by atoms with van der Waals surface area (Å²) < 4.78 is 10.2. The van der Waals surface area contributed by atoms with Crippen molar-refractivity contribution in [1.82, 2.24) is 0 Å². The molecule has 2 aromatic carbocycles. The van der Waals surface area contributed by atoms with E-state index in [0.717, 1.165) is 22.3 Å². The second-order valence-corrected chi connectivity index (χ2v) is 9.30. The molecule has 0 aliphatic heterocycles. The van der Waals surface area contributed by atoms with Gasteiger partial charge in [-0.3, -0.25) is 14.4 Å². The second kappa shape index (κ2) is 7.73. The topological polar surface area (TPSA) is 69.7 Å². The van der Waals surface area contributed by atoms with Gasteiger partial charge in [0.2, 0.25) is 0 Å². The van der Waals surface area contributed by atoms with Crippen molar-refractivity contribution in [2.75, 3.05) is 14.2 Å². The summed E-state index contributed by atoms with van der Waals surface area (Å²) in [5, 5.41) is 0. The maximum absolute atomic E-state index is 13.9.